The first-order chi connectivity index (χ1) is 16.6. The van der Waals surface area contributed by atoms with Gasteiger partial charge in [0.2, 0.25) is 0 Å². The molecule has 0 aromatic rings. The number of hydrogen-bond acceptors (Lipinski definition) is 8. The number of esters is 1. The zero-order valence-electron chi connectivity index (χ0n) is 20.9. The molecule has 0 radical (unpaired) electrons. The lowest BCUT2D eigenvalue weighted by Gasteiger charge is -2.37. The van der Waals surface area contributed by atoms with Crippen molar-refractivity contribution in [2.75, 3.05) is 13.2 Å². The Morgan fingerprint density at radius 2 is 1.74 bits per heavy atom. The minimum absolute atomic E-state index is 0.141. The van der Waals surface area contributed by atoms with Gasteiger partial charge in [0.05, 0.1) is 37.6 Å². The second-order valence-corrected chi connectivity index (χ2v) is 9.82. The summed E-state index contributed by atoms with van der Waals surface area (Å²) in [6.45, 7) is 7.82. The number of hydrogen-bond donors (Lipinski definition) is 4. The van der Waals surface area contributed by atoms with Crippen molar-refractivity contribution in [3.8, 4) is 0 Å². The van der Waals surface area contributed by atoms with Crippen molar-refractivity contribution >= 4 is 11.9 Å². The van der Waals surface area contributed by atoms with Gasteiger partial charge in [-0.3, -0.25) is 4.79 Å². The molecule has 2 fully saturated rings. The van der Waals surface area contributed by atoms with Crippen LogP contribution in [0, 0.1) is 5.92 Å². The number of unbranched alkanes of at least 4 members (excludes halogenated alkanes) is 5. The first-order valence-corrected chi connectivity index (χ1v) is 12.7. The van der Waals surface area contributed by atoms with Gasteiger partial charge in [0, 0.05) is 18.4 Å². The highest BCUT2D eigenvalue weighted by atomic mass is 16.6. The molecule has 0 spiro atoms. The van der Waals surface area contributed by atoms with Gasteiger partial charge in [-0.1, -0.05) is 37.8 Å². The Bertz CT molecular complexity index is 732. The van der Waals surface area contributed by atoms with Crippen LogP contribution in [0.2, 0.25) is 0 Å². The molecule has 0 aliphatic carbocycles. The molecule has 9 heteroatoms. The Hall–Kier alpha value is -1.78. The molecule has 2 heterocycles. The fourth-order valence-corrected chi connectivity index (χ4v) is 4.39. The lowest BCUT2D eigenvalue weighted by atomic mass is 9.86. The van der Waals surface area contributed by atoms with Crippen LogP contribution in [0.3, 0.4) is 0 Å². The lowest BCUT2D eigenvalue weighted by molar-refractivity contribution is -0.165. The average Bonchev–Trinajstić information content (AvgIpc) is 3.55. The van der Waals surface area contributed by atoms with E-state index in [-0.39, 0.29) is 31.2 Å². The van der Waals surface area contributed by atoms with Crippen LogP contribution in [0.15, 0.2) is 23.8 Å². The summed E-state index contributed by atoms with van der Waals surface area (Å²) in [6.07, 6.45) is 3.94. The second-order valence-electron chi connectivity index (χ2n) is 9.82. The van der Waals surface area contributed by atoms with Gasteiger partial charge in [-0.2, -0.15) is 0 Å². The van der Waals surface area contributed by atoms with E-state index in [9.17, 15) is 24.9 Å². The summed E-state index contributed by atoms with van der Waals surface area (Å²) >= 11 is 0. The van der Waals surface area contributed by atoms with Crippen LogP contribution < -0.4 is 0 Å². The first-order valence-electron chi connectivity index (χ1n) is 12.7. The number of carboxylic acid groups (broad SMARTS) is 1. The minimum atomic E-state index is -1.08. The predicted molar refractivity (Wildman–Crippen MR) is 129 cm³/mol. The van der Waals surface area contributed by atoms with E-state index in [0.717, 1.165) is 32.1 Å². The summed E-state index contributed by atoms with van der Waals surface area (Å²) in [5.74, 6) is -1.49. The van der Waals surface area contributed by atoms with Gasteiger partial charge in [0.1, 0.15) is 12.2 Å². The highest BCUT2D eigenvalue weighted by Gasteiger charge is 2.47. The summed E-state index contributed by atoms with van der Waals surface area (Å²) in [5, 5.41) is 39.3. The van der Waals surface area contributed by atoms with Crippen molar-refractivity contribution in [1.82, 2.24) is 0 Å². The smallest absolute Gasteiger partial charge is 0.330 e. The number of rotatable bonds is 16. The van der Waals surface area contributed by atoms with Crippen LogP contribution in [0.25, 0.3) is 0 Å². The lowest BCUT2D eigenvalue weighted by Crippen LogP contribution is -2.50. The van der Waals surface area contributed by atoms with Gasteiger partial charge >= 0.3 is 11.9 Å². The minimum Gasteiger partial charge on any atom is -0.481 e. The molecule has 7 atom stereocenters. The zero-order valence-corrected chi connectivity index (χ0v) is 20.9. The third kappa shape index (κ3) is 10.4. The molecule has 9 nitrogen and oxygen atoms in total. The van der Waals surface area contributed by atoms with Crippen molar-refractivity contribution in [2.24, 2.45) is 5.92 Å². The summed E-state index contributed by atoms with van der Waals surface area (Å²) in [7, 11) is 0. The number of carbonyl (C=O) groups is 2. The van der Waals surface area contributed by atoms with E-state index in [1.54, 1.807) is 13.8 Å². The molecule has 4 N–H and O–H groups in total. The largest absolute Gasteiger partial charge is 0.481 e. The molecular weight excluding hydrogens is 456 g/mol. The molecule has 0 unspecified atom stereocenters. The molecule has 200 valence electrons. The van der Waals surface area contributed by atoms with Crippen LogP contribution in [-0.4, -0.2) is 82.2 Å². The molecule has 2 aliphatic heterocycles. The summed E-state index contributed by atoms with van der Waals surface area (Å²) < 4.78 is 16.6. The molecule has 0 saturated carbocycles. The van der Waals surface area contributed by atoms with Gasteiger partial charge in [-0.25, -0.2) is 4.79 Å². The second kappa shape index (κ2) is 14.7. The van der Waals surface area contributed by atoms with Gasteiger partial charge in [0.15, 0.2) is 0 Å². The van der Waals surface area contributed by atoms with Crippen LogP contribution >= 0.6 is 0 Å². The molecule has 0 bridgehead atoms. The Labute approximate surface area is 207 Å². The molecule has 2 rings (SSSR count). The number of aliphatic carboxylic acids is 1. The Morgan fingerprint density at radius 1 is 1.09 bits per heavy atom. The van der Waals surface area contributed by atoms with Crippen molar-refractivity contribution in [3.63, 3.8) is 0 Å². The quantitative estimate of drug-likeness (QED) is 0.0829. The van der Waals surface area contributed by atoms with Crippen LogP contribution in [-0.2, 0) is 23.8 Å². The Balaban J connectivity index is 1.62. The Kier molecular flexibility index (Phi) is 12.4. The highest BCUT2D eigenvalue weighted by Crippen LogP contribution is 2.37. The monoisotopic (exact) mass is 498 g/mol. The van der Waals surface area contributed by atoms with Gasteiger partial charge in [-0.15, -0.1) is 0 Å². The average molecular weight is 499 g/mol. The highest BCUT2D eigenvalue weighted by molar-refractivity contribution is 5.82. The number of aliphatic hydroxyl groups excluding tert-OH is 3. The van der Waals surface area contributed by atoms with E-state index in [1.165, 1.54) is 6.08 Å². The maximum Gasteiger partial charge on any atom is 0.330 e. The van der Waals surface area contributed by atoms with E-state index in [4.69, 9.17) is 19.3 Å². The summed E-state index contributed by atoms with van der Waals surface area (Å²) in [4.78, 5) is 22.5. The van der Waals surface area contributed by atoms with E-state index in [2.05, 4.69) is 6.58 Å². The number of ether oxygens (including phenoxy) is 3. The molecule has 0 aromatic carbocycles. The SMILES string of the molecule is C=C([C@H](C)O)[C@@H]1O[C@H]1C[C@H]1CO[C@@H](C/C(C)=C/C(=O)OCCCCCCCCC(=O)O)[C@H](O)[C@@H]1O. The third-order valence-corrected chi connectivity index (χ3v) is 6.67. The molecule has 0 aromatic heterocycles. The maximum absolute atomic E-state index is 12.0. The zero-order chi connectivity index (χ0) is 26.0. The fourth-order valence-electron chi connectivity index (χ4n) is 4.39. The molecule has 2 aliphatic rings. The van der Waals surface area contributed by atoms with Crippen molar-refractivity contribution < 1.29 is 44.2 Å². The van der Waals surface area contributed by atoms with E-state index >= 15 is 0 Å². The Morgan fingerprint density at radius 3 is 2.40 bits per heavy atom. The first kappa shape index (κ1) is 29.5. The van der Waals surface area contributed by atoms with Crippen molar-refractivity contribution in [3.05, 3.63) is 23.8 Å². The summed E-state index contributed by atoms with van der Waals surface area (Å²) in [6, 6.07) is 0. The molecule has 2 saturated heterocycles. The fraction of sp³-hybridized carbons (Fsp3) is 0.769. The third-order valence-electron chi connectivity index (χ3n) is 6.67. The standard InChI is InChI=1S/C26H42O9/c1-16(13-23(30)33-11-9-7-5-4-6-8-10-22(28)29)12-20-25(32)24(31)19(15-34-20)14-21-26(35-21)17(2)18(3)27/h13,18-21,24-27,31-32H,2,4-12,14-15H2,1,3H3,(H,28,29)/b16-13+/t18-,19-,20-,21-,24+,25-,26-/m0/s1. The molecule has 0 amide bonds. The van der Waals surface area contributed by atoms with Gasteiger partial charge in [0.25, 0.3) is 0 Å². The number of carbonyl (C=O) groups excluding carboxylic acids is 1. The normalized spacial score (nSPS) is 29.5. The van der Waals surface area contributed by atoms with E-state index in [1.807, 2.05) is 0 Å². The van der Waals surface area contributed by atoms with E-state index < -0.39 is 36.4 Å². The van der Waals surface area contributed by atoms with Crippen LogP contribution in [0.5, 0.6) is 0 Å². The number of aliphatic hydroxyl groups is 3. The van der Waals surface area contributed by atoms with Gasteiger partial charge < -0.3 is 34.6 Å². The number of epoxide rings is 1. The van der Waals surface area contributed by atoms with Crippen molar-refractivity contribution in [1.29, 1.82) is 0 Å². The summed E-state index contributed by atoms with van der Waals surface area (Å²) in [5.41, 5.74) is 1.31. The molecular formula is C26H42O9. The number of carboxylic acids is 1. The van der Waals surface area contributed by atoms with Crippen LogP contribution in [0.4, 0.5) is 0 Å². The van der Waals surface area contributed by atoms with Gasteiger partial charge in [-0.05, 0) is 45.1 Å². The predicted octanol–water partition coefficient (Wildman–Crippen LogP) is 2.51. The van der Waals surface area contributed by atoms with Crippen LogP contribution in [0.1, 0.15) is 71.6 Å². The van der Waals surface area contributed by atoms with E-state index in [0.29, 0.717) is 37.0 Å². The maximum atomic E-state index is 12.0. The molecule has 35 heavy (non-hydrogen) atoms. The topological polar surface area (TPSA) is 146 Å². The van der Waals surface area contributed by atoms with Crippen molar-refractivity contribution in [2.45, 2.75) is 108 Å².